The van der Waals surface area contributed by atoms with Crippen LogP contribution in [-0.4, -0.2) is 58.5 Å². The molecule has 4 amide bonds. The summed E-state index contributed by atoms with van der Waals surface area (Å²) in [5.41, 5.74) is 0.0698. The number of imide groups is 1. The highest BCUT2D eigenvalue weighted by atomic mass is 16.6. The largest absolute Gasteiger partial charge is 0.497 e. The van der Waals surface area contributed by atoms with Crippen LogP contribution in [0.5, 0.6) is 5.75 Å². The highest BCUT2D eigenvalue weighted by molar-refractivity contribution is 6.21. The number of urea groups is 1. The van der Waals surface area contributed by atoms with Crippen molar-refractivity contribution in [3.63, 3.8) is 0 Å². The average molecular weight is 495 g/mol. The fourth-order valence-electron chi connectivity index (χ4n) is 5.41. The molecule has 0 spiro atoms. The van der Waals surface area contributed by atoms with Crippen LogP contribution in [-0.2, 0) is 16.1 Å². The summed E-state index contributed by atoms with van der Waals surface area (Å²) < 4.78 is 6.58. The van der Waals surface area contributed by atoms with Crippen LogP contribution in [0.3, 0.4) is 0 Å². The van der Waals surface area contributed by atoms with Crippen LogP contribution >= 0.6 is 0 Å². The predicted octanol–water partition coefficient (Wildman–Crippen LogP) is 1.62. The number of likely N-dealkylation sites (tertiary alicyclic amines) is 1. The van der Waals surface area contributed by atoms with Gasteiger partial charge >= 0.3 is 17.3 Å². The fraction of sp³-hybridized carbons (Fsp3) is 0.417. The van der Waals surface area contributed by atoms with Gasteiger partial charge in [0.15, 0.2) is 0 Å². The molecular formula is C24H25N5O7. The standard InChI is InChI=1S/C24H25N5O7/c1-36-17-4-2-16(3-5-17)28-22(31)18(25-24(28)33)6-9-21(30)26-11-14-10-15(13-26)19-7-8-20(29(34)35)23(32)27(19)12-14/h2-5,7-8,14-15,18H,6,9-13H2,1H3,(H,25,33)/t14-,15+,18+/m1/s1. The van der Waals surface area contributed by atoms with Crippen LogP contribution in [0.25, 0.3) is 0 Å². The zero-order chi connectivity index (χ0) is 25.6. The molecule has 12 nitrogen and oxygen atoms in total. The van der Waals surface area contributed by atoms with E-state index in [-0.39, 0.29) is 30.6 Å². The van der Waals surface area contributed by atoms with Crippen molar-refractivity contribution in [3.05, 3.63) is 62.6 Å². The number of fused-ring (bicyclic) bond motifs is 4. The molecule has 0 saturated carbocycles. The normalized spacial score (nSPS) is 22.8. The van der Waals surface area contributed by atoms with E-state index >= 15 is 0 Å². The van der Waals surface area contributed by atoms with Crippen molar-refractivity contribution in [1.82, 2.24) is 14.8 Å². The van der Waals surface area contributed by atoms with Crippen LogP contribution in [0.15, 0.2) is 41.2 Å². The van der Waals surface area contributed by atoms with Gasteiger partial charge < -0.3 is 19.5 Å². The first-order valence-electron chi connectivity index (χ1n) is 11.7. The molecule has 0 unspecified atom stereocenters. The molecule has 2 bridgehead atoms. The number of amides is 4. The Morgan fingerprint density at radius 2 is 1.86 bits per heavy atom. The molecular weight excluding hydrogens is 470 g/mol. The van der Waals surface area contributed by atoms with E-state index in [9.17, 15) is 29.3 Å². The lowest BCUT2D eigenvalue weighted by Gasteiger charge is -2.42. The second-order valence-corrected chi connectivity index (χ2v) is 9.33. The quantitative estimate of drug-likeness (QED) is 0.364. The number of methoxy groups -OCH3 is 1. The summed E-state index contributed by atoms with van der Waals surface area (Å²) in [6.45, 7) is 1.16. The van der Waals surface area contributed by atoms with Gasteiger partial charge in [0.05, 0.1) is 17.7 Å². The number of nitro groups is 1. The molecule has 3 atom stereocenters. The first-order valence-corrected chi connectivity index (χ1v) is 11.7. The van der Waals surface area contributed by atoms with Gasteiger partial charge in [-0.1, -0.05) is 0 Å². The van der Waals surface area contributed by atoms with Gasteiger partial charge in [0, 0.05) is 43.7 Å². The number of anilines is 1. The Balaban J connectivity index is 1.23. The summed E-state index contributed by atoms with van der Waals surface area (Å²) in [5, 5.41) is 13.8. The lowest BCUT2D eigenvalue weighted by atomic mass is 9.83. The van der Waals surface area contributed by atoms with Gasteiger partial charge in [-0.15, -0.1) is 0 Å². The monoisotopic (exact) mass is 495 g/mol. The van der Waals surface area contributed by atoms with Crippen LogP contribution in [0.1, 0.15) is 30.9 Å². The third-order valence-electron chi connectivity index (χ3n) is 7.13. The first-order chi connectivity index (χ1) is 17.3. The molecule has 3 aliphatic rings. The number of carbonyl (C=O) groups excluding carboxylic acids is 3. The molecule has 4 heterocycles. The Morgan fingerprint density at radius 1 is 1.11 bits per heavy atom. The Bertz CT molecular complexity index is 1300. The molecule has 1 N–H and O–H groups in total. The zero-order valence-electron chi connectivity index (χ0n) is 19.6. The van der Waals surface area contributed by atoms with E-state index in [2.05, 4.69) is 5.32 Å². The highest BCUT2D eigenvalue weighted by Gasteiger charge is 2.41. The maximum Gasteiger partial charge on any atom is 0.334 e. The Labute approximate surface area is 205 Å². The number of piperidine rings is 1. The van der Waals surface area contributed by atoms with Gasteiger partial charge in [-0.2, -0.15) is 0 Å². The second kappa shape index (κ2) is 9.10. The van der Waals surface area contributed by atoms with Gasteiger partial charge in [0.1, 0.15) is 11.8 Å². The molecule has 2 fully saturated rings. The molecule has 1 aromatic carbocycles. The van der Waals surface area contributed by atoms with Crippen molar-refractivity contribution in [1.29, 1.82) is 0 Å². The fourth-order valence-corrected chi connectivity index (χ4v) is 5.41. The van der Waals surface area contributed by atoms with Crippen LogP contribution in [0.4, 0.5) is 16.2 Å². The van der Waals surface area contributed by atoms with E-state index in [1.807, 2.05) is 0 Å². The minimum Gasteiger partial charge on any atom is -0.497 e. The van der Waals surface area contributed by atoms with Gasteiger partial charge in [0.25, 0.3) is 5.91 Å². The van der Waals surface area contributed by atoms with Crippen LogP contribution in [0.2, 0.25) is 0 Å². The van der Waals surface area contributed by atoms with Crippen molar-refractivity contribution < 1.29 is 24.0 Å². The molecule has 2 saturated heterocycles. The van der Waals surface area contributed by atoms with Crippen molar-refractivity contribution in [2.75, 3.05) is 25.1 Å². The number of hydrogen-bond donors (Lipinski definition) is 1. The van der Waals surface area contributed by atoms with Crippen molar-refractivity contribution in [3.8, 4) is 5.75 Å². The summed E-state index contributed by atoms with van der Waals surface area (Å²) in [6.07, 6.45) is 1.05. The average Bonchev–Trinajstić information content (AvgIpc) is 3.15. The summed E-state index contributed by atoms with van der Waals surface area (Å²) in [5.74, 6) is -0.0210. The van der Waals surface area contributed by atoms with E-state index < -0.39 is 34.2 Å². The Kier molecular flexibility index (Phi) is 5.94. The molecule has 12 heteroatoms. The summed E-state index contributed by atoms with van der Waals surface area (Å²) >= 11 is 0. The van der Waals surface area contributed by atoms with Gasteiger partial charge in [-0.3, -0.25) is 24.5 Å². The summed E-state index contributed by atoms with van der Waals surface area (Å²) in [4.78, 5) is 64.1. The van der Waals surface area contributed by atoms with E-state index in [4.69, 9.17) is 4.74 Å². The number of ether oxygens (including phenoxy) is 1. The number of hydrogen-bond acceptors (Lipinski definition) is 7. The lowest BCUT2D eigenvalue weighted by Crippen LogP contribution is -2.49. The maximum atomic E-state index is 13.0. The third kappa shape index (κ3) is 4.08. The maximum absolute atomic E-state index is 13.0. The van der Waals surface area contributed by atoms with Gasteiger partial charge in [0.2, 0.25) is 5.91 Å². The zero-order valence-corrected chi connectivity index (χ0v) is 19.6. The SMILES string of the molecule is COc1ccc(N2C(=O)N[C@@H](CCC(=O)N3C[C@H]4C[C@@H](C3)c3ccc([N+](=O)[O-])c(=O)n3C4)C2=O)cc1. The van der Waals surface area contributed by atoms with Crippen molar-refractivity contribution >= 4 is 29.2 Å². The number of aromatic nitrogens is 1. The van der Waals surface area contributed by atoms with Gasteiger partial charge in [-0.05, 0) is 49.1 Å². The molecule has 2 aromatic rings. The molecule has 0 aliphatic carbocycles. The smallest absolute Gasteiger partial charge is 0.334 e. The highest BCUT2D eigenvalue weighted by Crippen LogP contribution is 2.36. The summed E-state index contributed by atoms with van der Waals surface area (Å²) in [6, 6.07) is 8.06. The Morgan fingerprint density at radius 3 is 2.56 bits per heavy atom. The van der Waals surface area contributed by atoms with Crippen LogP contribution < -0.4 is 20.5 Å². The Hall–Kier alpha value is -4.22. The molecule has 3 aliphatic heterocycles. The third-order valence-corrected chi connectivity index (χ3v) is 7.13. The number of rotatable bonds is 6. The van der Waals surface area contributed by atoms with E-state index in [1.54, 1.807) is 35.2 Å². The molecule has 0 radical (unpaired) electrons. The van der Waals surface area contributed by atoms with E-state index in [1.165, 1.54) is 17.7 Å². The van der Waals surface area contributed by atoms with Crippen LogP contribution in [0, 0.1) is 16.0 Å². The lowest BCUT2D eigenvalue weighted by molar-refractivity contribution is -0.386. The minimum absolute atomic E-state index is 0.0123. The number of nitrogens with zero attached hydrogens (tertiary/aromatic N) is 4. The number of benzene rings is 1. The summed E-state index contributed by atoms with van der Waals surface area (Å²) in [7, 11) is 1.52. The topological polar surface area (TPSA) is 144 Å². The molecule has 5 rings (SSSR count). The number of pyridine rings is 1. The van der Waals surface area contributed by atoms with E-state index in [0.29, 0.717) is 36.8 Å². The molecule has 1 aromatic heterocycles. The first kappa shape index (κ1) is 23.5. The van der Waals surface area contributed by atoms with Gasteiger partial charge in [-0.25, -0.2) is 9.69 Å². The number of nitrogens with one attached hydrogen (secondary N) is 1. The van der Waals surface area contributed by atoms with E-state index in [0.717, 1.165) is 11.3 Å². The molecule has 188 valence electrons. The minimum atomic E-state index is -0.798. The van der Waals surface area contributed by atoms with Crippen molar-refractivity contribution in [2.45, 2.75) is 37.8 Å². The predicted molar refractivity (Wildman–Crippen MR) is 127 cm³/mol. The molecule has 36 heavy (non-hydrogen) atoms. The van der Waals surface area contributed by atoms with Crippen molar-refractivity contribution in [2.24, 2.45) is 5.92 Å². The second-order valence-electron chi connectivity index (χ2n) is 9.33. The number of carbonyl (C=O) groups is 3.